The highest BCUT2D eigenvalue weighted by Gasteiger charge is 2.17. The van der Waals surface area contributed by atoms with Crippen molar-refractivity contribution in [2.75, 3.05) is 19.9 Å². The van der Waals surface area contributed by atoms with E-state index in [1.165, 1.54) is 32.1 Å². The van der Waals surface area contributed by atoms with Crippen LogP contribution in [0.3, 0.4) is 0 Å². The molecule has 0 aromatic heterocycles. The average molecular weight is 449 g/mol. The minimum Gasteiger partial charge on any atom is -0.493 e. The van der Waals surface area contributed by atoms with Crippen LogP contribution in [0.2, 0.25) is 0 Å². The van der Waals surface area contributed by atoms with Crippen molar-refractivity contribution >= 4 is 24.0 Å². The smallest absolute Gasteiger partial charge is 0.493 e. The number of unbranched alkanes of at least 4 members (excludes halogenated alkanes) is 5. The summed E-state index contributed by atoms with van der Waals surface area (Å²) in [4.78, 5) is 8.90. The van der Waals surface area contributed by atoms with E-state index in [2.05, 4.69) is 22.9 Å². The van der Waals surface area contributed by atoms with Crippen molar-refractivity contribution in [3.05, 3.63) is 22.2 Å². The van der Waals surface area contributed by atoms with Gasteiger partial charge in [-0.25, -0.2) is 0 Å². The molecule has 0 amide bonds. The summed E-state index contributed by atoms with van der Waals surface area (Å²) in [5.41, 5.74) is 7.07. The Morgan fingerprint density at radius 1 is 1.23 bits per heavy atom. The highest BCUT2D eigenvalue weighted by molar-refractivity contribution is 9.10. The Labute approximate surface area is 166 Å². The number of methoxy groups -OCH3 is 1. The molecule has 0 heterocycles. The van der Waals surface area contributed by atoms with Gasteiger partial charge in [-0.15, -0.1) is 0 Å². The SMILES string of the molecule is CCCCCCCCOc1c(Br)cc(CC(N)CC[P+](=O)O)cc1OC. The van der Waals surface area contributed by atoms with Crippen molar-refractivity contribution in [2.45, 2.75) is 64.3 Å². The molecule has 1 aromatic carbocycles. The first-order valence-electron chi connectivity index (χ1n) is 9.36. The maximum absolute atomic E-state index is 10.8. The zero-order chi connectivity index (χ0) is 19.4. The second-order valence-corrected chi connectivity index (χ2v) is 8.56. The molecule has 0 radical (unpaired) electrons. The molecule has 0 aliphatic heterocycles. The number of benzene rings is 1. The number of halogens is 1. The van der Waals surface area contributed by atoms with Crippen molar-refractivity contribution < 1.29 is 18.9 Å². The van der Waals surface area contributed by atoms with Crippen molar-refractivity contribution in [2.24, 2.45) is 5.73 Å². The van der Waals surface area contributed by atoms with Crippen molar-refractivity contribution in [1.82, 2.24) is 0 Å². The standard InChI is InChI=1S/C19H31BrNO4P/c1-3-4-5-6-7-8-10-25-19-17(20)13-15(14-18(19)24-2)12-16(21)9-11-26(22)23/h13-14,16H,3-12,21H2,1-2H3/p+1. The summed E-state index contributed by atoms with van der Waals surface area (Å²) in [6.45, 7) is 2.89. The zero-order valence-electron chi connectivity index (χ0n) is 15.9. The molecule has 0 saturated carbocycles. The predicted octanol–water partition coefficient (Wildman–Crippen LogP) is 5.19. The largest absolute Gasteiger partial charge is 0.505 e. The molecule has 0 bridgehead atoms. The first kappa shape index (κ1) is 23.4. The van der Waals surface area contributed by atoms with Crippen LogP contribution in [0.1, 0.15) is 57.4 Å². The van der Waals surface area contributed by atoms with Crippen molar-refractivity contribution in [1.29, 1.82) is 0 Å². The number of nitrogens with two attached hydrogens (primary N) is 1. The van der Waals surface area contributed by atoms with Gasteiger partial charge in [-0.1, -0.05) is 39.0 Å². The average Bonchev–Trinajstić information content (AvgIpc) is 2.60. The Morgan fingerprint density at radius 2 is 1.92 bits per heavy atom. The summed E-state index contributed by atoms with van der Waals surface area (Å²) in [6, 6.07) is 3.76. The Morgan fingerprint density at radius 3 is 2.58 bits per heavy atom. The Hall–Kier alpha value is -0.680. The molecule has 0 aliphatic rings. The molecule has 2 unspecified atom stereocenters. The third-order valence-electron chi connectivity index (χ3n) is 4.22. The van der Waals surface area contributed by atoms with E-state index in [4.69, 9.17) is 20.1 Å². The van der Waals surface area contributed by atoms with E-state index in [-0.39, 0.29) is 12.2 Å². The molecule has 26 heavy (non-hydrogen) atoms. The minimum absolute atomic E-state index is 0.160. The Kier molecular flexibility index (Phi) is 12.1. The maximum atomic E-state index is 10.8. The van der Waals surface area contributed by atoms with Gasteiger partial charge in [0.1, 0.15) is 0 Å². The molecule has 0 fully saturated rings. The molecule has 3 N–H and O–H groups in total. The lowest BCUT2D eigenvalue weighted by molar-refractivity contribution is 0.282. The fourth-order valence-electron chi connectivity index (χ4n) is 2.77. The number of ether oxygens (including phenoxy) is 2. The number of hydrogen-bond acceptors (Lipinski definition) is 4. The van der Waals surface area contributed by atoms with Crippen LogP contribution in [0.5, 0.6) is 11.5 Å². The van der Waals surface area contributed by atoms with Crippen LogP contribution in [0, 0.1) is 0 Å². The highest BCUT2D eigenvalue weighted by atomic mass is 79.9. The molecule has 148 valence electrons. The van der Waals surface area contributed by atoms with E-state index < -0.39 is 8.03 Å². The molecule has 0 saturated heterocycles. The van der Waals surface area contributed by atoms with Crippen LogP contribution in [0.25, 0.3) is 0 Å². The van der Waals surface area contributed by atoms with Gasteiger partial charge in [0.2, 0.25) is 0 Å². The molecule has 0 spiro atoms. The summed E-state index contributed by atoms with van der Waals surface area (Å²) in [7, 11) is -0.502. The van der Waals surface area contributed by atoms with Crippen LogP contribution in [0.4, 0.5) is 0 Å². The minimum atomic E-state index is -2.13. The number of hydrogen-bond donors (Lipinski definition) is 2. The second kappa shape index (κ2) is 13.5. The van der Waals surface area contributed by atoms with Gasteiger partial charge in [0.25, 0.3) is 0 Å². The summed E-state index contributed by atoms with van der Waals surface area (Å²) in [6.07, 6.45) is 8.69. The summed E-state index contributed by atoms with van der Waals surface area (Å²) in [5.74, 6) is 1.40. The van der Waals surface area contributed by atoms with E-state index >= 15 is 0 Å². The first-order valence-corrected chi connectivity index (χ1v) is 11.5. The van der Waals surface area contributed by atoms with E-state index in [0.29, 0.717) is 25.2 Å². The summed E-state index contributed by atoms with van der Waals surface area (Å²) >= 11 is 3.56. The lowest BCUT2D eigenvalue weighted by atomic mass is 10.0. The third-order valence-corrected chi connectivity index (χ3v) is 5.45. The molecule has 0 aliphatic carbocycles. The topological polar surface area (TPSA) is 81.8 Å². The molecular weight excluding hydrogens is 417 g/mol. The zero-order valence-corrected chi connectivity index (χ0v) is 18.4. The fraction of sp³-hybridized carbons (Fsp3) is 0.684. The van der Waals surface area contributed by atoms with Gasteiger partial charge in [-0.2, -0.15) is 4.89 Å². The molecule has 1 rings (SSSR count). The molecular formula is C19H32BrNO4P+. The lowest BCUT2D eigenvalue weighted by Gasteiger charge is -2.16. The Balaban J connectivity index is 2.55. The summed E-state index contributed by atoms with van der Waals surface area (Å²) < 4.78 is 23.1. The van der Waals surface area contributed by atoms with Crippen molar-refractivity contribution in [3.8, 4) is 11.5 Å². The summed E-state index contributed by atoms with van der Waals surface area (Å²) in [5, 5.41) is 0. The monoisotopic (exact) mass is 448 g/mol. The van der Waals surface area contributed by atoms with Crippen LogP contribution in [-0.2, 0) is 11.0 Å². The van der Waals surface area contributed by atoms with Crippen LogP contribution in [-0.4, -0.2) is 30.8 Å². The molecule has 2 atom stereocenters. The van der Waals surface area contributed by atoms with Crippen molar-refractivity contribution in [3.63, 3.8) is 0 Å². The third kappa shape index (κ3) is 9.31. The predicted molar refractivity (Wildman–Crippen MR) is 111 cm³/mol. The van der Waals surface area contributed by atoms with Crippen LogP contribution < -0.4 is 15.2 Å². The quantitative estimate of drug-likeness (QED) is 0.302. The van der Waals surface area contributed by atoms with Crippen LogP contribution in [0.15, 0.2) is 16.6 Å². The first-order chi connectivity index (χ1) is 12.5. The van der Waals surface area contributed by atoms with Gasteiger partial charge in [0.05, 0.1) is 18.2 Å². The van der Waals surface area contributed by atoms with Gasteiger partial charge >= 0.3 is 8.03 Å². The van der Waals surface area contributed by atoms with Gasteiger partial charge in [-0.3, -0.25) is 0 Å². The Bertz CT molecular complexity index is 557. The van der Waals surface area contributed by atoms with Gasteiger partial charge in [-0.05, 0) is 51.0 Å². The van der Waals surface area contributed by atoms with E-state index in [1.54, 1.807) is 7.11 Å². The van der Waals surface area contributed by atoms with Crippen LogP contribution >= 0.6 is 24.0 Å². The molecule has 5 nitrogen and oxygen atoms in total. The van der Waals surface area contributed by atoms with E-state index in [9.17, 15) is 4.57 Å². The number of rotatable bonds is 14. The fourth-order valence-corrected chi connectivity index (χ4v) is 3.93. The van der Waals surface area contributed by atoms with Gasteiger partial charge in [0.15, 0.2) is 17.7 Å². The van der Waals surface area contributed by atoms with Gasteiger partial charge in [0, 0.05) is 12.5 Å². The maximum Gasteiger partial charge on any atom is 0.505 e. The van der Waals surface area contributed by atoms with Gasteiger partial charge < -0.3 is 15.2 Å². The molecule has 1 aromatic rings. The van der Waals surface area contributed by atoms with E-state index in [1.807, 2.05) is 12.1 Å². The van der Waals surface area contributed by atoms with E-state index in [0.717, 1.165) is 22.2 Å². The normalized spacial score (nSPS) is 12.7. The second-order valence-electron chi connectivity index (χ2n) is 6.55. The lowest BCUT2D eigenvalue weighted by Crippen LogP contribution is -2.23. The highest BCUT2D eigenvalue weighted by Crippen LogP contribution is 2.37. The molecule has 7 heteroatoms.